The van der Waals surface area contributed by atoms with Crippen LogP contribution in [0.25, 0.3) is 0 Å². The Bertz CT molecular complexity index is 397. The van der Waals surface area contributed by atoms with Gasteiger partial charge >= 0.3 is 0 Å². The molecule has 0 aromatic carbocycles. The van der Waals surface area contributed by atoms with Gasteiger partial charge in [-0.3, -0.25) is 9.48 Å². The molecule has 0 saturated carbocycles. The molecule has 0 amide bonds. The van der Waals surface area contributed by atoms with Crippen LogP contribution < -0.4 is 0 Å². The number of Topliss-reactive ketones (excluding diaryl/α,β-unsaturated/α-hetero) is 1. The van der Waals surface area contributed by atoms with Crippen LogP contribution in [0.1, 0.15) is 43.1 Å². The Hall–Kier alpha value is -0.870. The summed E-state index contributed by atoms with van der Waals surface area (Å²) in [6.45, 7) is 3.43. The van der Waals surface area contributed by atoms with Crippen molar-refractivity contribution in [3.8, 4) is 0 Å². The monoisotopic (exact) mass is 256 g/mol. The molecule has 0 bridgehead atoms. The maximum atomic E-state index is 12.1. The van der Waals surface area contributed by atoms with E-state index < -0.39 is 0 Å². The first-order valence-corrected chi connectivity index (χ1v) is 6.46. The van der Waals surface area contributed by atoms with E-state index in [-0.39, 0.29) is 11.9 Å². The minimum atomic E-state index is 0.0600. The topological polar surface area (TPSA) is 44.1 Å². The van der Waals surface area contributed by atoms with Crippen LogP contribution in [0.3, 0.4) is 0 Å². The van der Waals surface area contributed by atoms with Gasteiger partial charge in [-0.15, -0.1) is 0 Å². The maximum Gasteiger partial charge on any atom is 0.182 e. The lowest BCUT2D eigenvalue weighted by molar-refractivity contribution is 0.0852. The first-order valence-electron chi connectivity index (χ1n) is 6.08. The van der Waals surface area contributed by atoms with E-state index in [9.17, 15) is 4.79 Å². The van der Waals surface area contributed by atoms with Crippen molar-refractivity contribution < 1.29 is 9.53 Å². The summed E-state index contributed by atoms with van der Waals surface area (Å²) in [5, 5.41) is 4.52. The van der Waals surface area contributed by atoms with Gasteiger partial charge in [-0.05, 0) is 26.2 Å². The minimum Gasteiger partial charge on any atom is -0.378 e. The Kier molecular flexibility index (Phi) is 4.18. The number of aryl methyl sites for hydroxylation is 1. The van der Waals surface area contributed by atoms with Crippen molar-refractivity contribution >= 4 is 17.4 Å². The lowest BCUT2D eigenvalue weighted by Gasteiger charge is -2.09. The zero-order valence-corrected chi connectivity index (χ0v) is 10.7. The number of rotatable bonds is 5. The molecule has 17 heavy (non-hydrogen) atoms. The quantitative estimate of drug-likeness (QED) is 0.761. The number of nitrogens with zero attached hydrogens (tertiary/aromatic N) is 2. The fourth-order valence-electron chi connectivity index (χ4n) is 2.16. The van der Waals surface area contributed by atoms with E-state index in [4.69, 9.17) is 16.3 Å². The van der Waals surface area contributed by atoms with E-state index >= 15 is 0 Å². The summed E-state index contributed by atoms with van der Waals surface area (Å²) in [5.41, 5.74) is 0.534. The predicted molar refractivity (Wildman–Crippen MR) is 65.4 cm³/mol. The van der Waals surface area contributed by atoms with Crippen LogP contribution in [0.4, 0.5) is 0 Å². The van der Waals surface area contributed by atoms with E-state index in [0.717, 1.165) is 25.9 Å². The molecular weight excluding hydrogens is 240 g/mol. The number of ether oxygens (including phenoxy) is 1. The predicted octanol–water partition coefficient (Wildman–Crippen LogP) is 2.70. The van der Waals surface area contributed by atoms with Gasteiger partial charge in [-0.1, -0.05) is 11.6 Å². The number of carbonyl (C=O) groups is 1. The molecule has 1 saturated heterocycles. The molecule has 0 aliphatic carbocycles. The highest BCUT2D eigenvalue weighted by Crippen LogP contribution is 2.21. The van der Waals surface area contributed by atoms with E-state index in [2.05, 4.69) is 5.10 Å². The number of hydrogen-bond donors (Lipinski definition) is 0. The summed E-state index contributed by atoms with van der Waals surface area (Å²) >= 11 is 5.98. The van der Waals surface area contributed by atoms with Gasteiger partial charge in [-0.2, -0.15) is 5.10 Å². The summed E-state index contributed by atoms with van der Waals surface area (Å²) in [6, 6.07) is 0. The standard InChI is InChI=1S/C12H17ClN2O2/c1-2-15-12(10(13)8-14-15)11(16)6-5-9-4-3-7-17-9/h8-9H,2-7H2,1H3. The number of aromatic nitrogens is 2. The molecule has 1 atom stereocenters. The SMILES string of the molecule is CCn1ncc(Cl)c1C(=O)CCC1CCCO1. The lowest BCUT2D eigenvalue weighted by Crippen LogP contribution is -2.13. The van der Waals surface area contributed by atoms with E-state index in [0.29, 0.717) is 23.7 Å². The molecular formula is C12H17ClN2O2. The second kappa shape index (κ2) is 5.65. The Morgan fingerprint density at radius 1 is 1.71 bits per heavy atom. The highest BCUT2D eigenvalue weighted by molar-refractivity contribution is 6.33. The van der Waals surface area contributed by atoms with Crippen LogP contribution in [0.2, 0.25) is 5.02 Å². The average Bonchev–Trinajstić information content (AvgIpc) is 2.94. The fourth-order valence-corrected chi connectivity index (χ4v) is 2.41. The fraction of sp³-hybridized carbons (Fsp3) is 0.667. The molecule has 5 heteroatoms. The van der Waals surface area contributed by atoms with Gasteiger partial charge in [0.25, 0.3) is 0 Å². The minimum absolute atomic E-state index is 0.0600. The Labute approximate surface area is 106 Å². The molecule has 2 heterocycles. The molecule has 0 N–H and O–H groups in total. The molecule has 1 fully saturated rings. The van der Waals surface area contributed by atoms with Crippen LogP contribution in [0.5, 0.6) is 0 Å². The van der Waals surface area contributed by atoms with Crippen molar-refractivity contribution in [3.63, 3.8) is 0 Å². The Balaban J connectivity index is 1.96. The first-order chi connectivity index (χ1) is 8.22. The lowest BCUT2D eigenvalue weighted by atomic mass is 10.1. The van der Waals surface area contributed by atoms with Gasteiger partial charge in [0.05, 0.1) is 17.3 Å². The van der Waals surface area contributed by atoms with E-state index in [1.807, 2.05) is 6.92 Å². The van der Waals surface area contributed by atoms with Gasteiger partial charge < -0.3 is 4.74 Å². The second-order valence-corrected chi connectivity index (χ2v) is 4.66. The zero-order chi connectivity index (χ0) is 12.3. The third-order valence-corrected chi connectivity index (χ3v) is 3.35. The van der Waals surface area contributed by atoms with Gasteiger partial charge in [0.15, 0.2) is 5.78 Å². The molecule has 94 valence electrons. The number of ketones is 1. The van der Waals surface area contributed by atoms with Gasteiger partial charge in [-0.25, -0.2) is 0 Å². The van der Waals surface area contributed by atoms with Crippen LogP contribution in [0.15, 0.2) is 6.20 Å². The van der Waals surface area contributed by atoms with Crippen LogP contribution in [-0.4, -0.2) is 28.3 Å². The van der Waals surface area contributed by atoms with Crippen molar-refractivity contribution in [2.24, 2.45) is 0 Å². The molecule has 1 aromatic rings. The van der Waals surface area contributed by atoms with Gasteiger partial charge in [0.1, 0.15) is 5.69 Å². The van der Waals surface area contributed by atoms with Crippen molar-refractivity contribution in [2.45, 2.75) is 45.3 Å². The number of hydrogen-bond acceptors (Lipinski definition) is 3. The largest absolute Gasteiger partial charge is 0.378 e. The molecule has 1 aliphatic rings. The highest BCUT2D eigenvalue weighted by Gasteiger charge is 2.20. The molecule has 2 rings (SSSR count). The van der Waals surface area contributed by atoms with Crippen LogP contribution >= 0.6 is 11.6 Å². The van der Waals surface area contributed by atoms with Crippen molar-refractivity contribution in [1.82, 2.24) is 9.78 Å². The number of halogens is 1. The summed E-state index contributed by atoms with van der Waals surface area (Å²) in [4.78, 5) is 12.1. The maximum absolute atomic E-state index is 12.1. The van der Waals surface area contributed by atoms with Gasteiger partial charge in [0.2, 0.25) is 0 Å². The molecule has 0 spiro atoms. The van der Waals surface area contributed by atoms with Crippen molar-refractivity contribution in [2.75, 3.05) is 6.61 Å². The average molecular weight is 257 g/mol. The summed E-state index contributed by atoms with van der Waals surface area (Å²) in [7, 11) is 0. The highest BCUT2D eigenvalue weighted by atomic mass is 35.5. The Morgan fingerprint density at radius 3 is 3.18 bits per heavy atom. The summed E-state index contributed by atoms with van der Waals surface area (Å²) in [6.07, 6.45) is 5.21. The molecule has 4 nitrogen and oxygen atoms in total. The third kappa shape index (κ3) is 2.87. The molecule has 1 aliphatic heterocycles. The van der Waals surface area contributed by atoms with Crippen LogP contribution in [0, 0.1) is 0 Å². The van der Waals surface area contributed by atoms with Crippen molar-refractivity contribution in [3.05, 3.63) is 16.9 Å². The zero-order valence-electron chi connectivity index (χ0n) is 9.99. The third-order valence-electron chi connectivity index (χ3n) is 3.08. The summed E-state index contributed by atoms with van der Waals surface area (Å²) in [5.74, 6) is 0.0600. The van der Waals surface area contributed by atoms with E-state index in [1.54, 1.807) is 4.68 Å². The van der Waals surface area contributed by atoms with E-state index in [1.165, 1.54) is 6.20 Å². The van der Waals surface area contributed by atoms with Gasteiger partial charge in [0, 0.05) is 19.6 Å². The normalized spacial score (nSPS) is 19.8. The molecule has 0 radical (unpaired) electrons. The summed E-state index contributed by atoms with van der Waals surface area (Å²) < 4.78 is 7.15. The second-order valence-electron chi connectivity index (χ2n) is 4.25. The smallest absolute Gasteiger partial charge is 0.182 e. The first kappa shape index (κ1) is 12.6. The number of carbonyl (C=O) groups excluding carboxylic acids is 1. The molecule has 1 aromatic heterocycles. The molecule has 1 unspecified atom stereocenters. The van der Waals surface area contributed by atoms with Crippen molar-refractivity contribution in [1.29, 1.82) is 0 Å². The Morgan fingerprint density at radius 2 is 2.53 bits per heavy atom. The van der Waals surface area contributed by atoms with Crippen LogP contribution in [-0.2, 0) is 11.3 Å².